The Bertz CT molecular complexity index is 1200. The number of alkyl halides is 1. The van der Waals surface area contributed by atoms with Gasteiger partial charge in [-0.1, -0.05) is 11.6 Å². The molecule has 3 aromatic heterocycles. The SMILES string of the molecule is Cc1cc2ncnn2cc1Nc1ncc(C2(C(=O)NC34CC(F)(C3)C4)CC2)c(Cl)n1. The van der Waals surface area contributed by atoms with Crippen LogP contribution in [0, 0.1) is 6.92 Å². The molecule has 2 bridgehead atoms. The first kappa shape index (κ1) is 18.0. The molecule has 8 nitrogen and oxygen atoms in total. The van der Waals surface area contributed by atoms with Crippen LogP contribution >= 0.6 is 11.6 Å². The van der Waals surface area contributed by atoms with Crippen molar-refractivity contribution >= 4 is 34.8 Å². The van der Waals surface area contributed by atoms with Crippen molar-refractivity contribution in [3.63, 3.8) is 0 Å². The van der Waals surface area contributed by atoms with Crippen LogP contribution in [0.1, 0.15) is 43.2 Å². The number of pyridine rings is 1. The maximum Gasteiger partial charge on any atom is 0.231 e. The fourth-order valence-electron chi connectivity index (χ4n) is 4.85. The summed E-state index contributed by atoms with van der Waals surface area (Å²) < 4.78 is 15.4. The van der Waals surface area contributed by atoms with Crippen LogP contribution in [0.3, 0.4) is 0 Å². The number of fused-ring (bicyclic) bond motifs is 1. The largest absolute Gasteiger partial charge is 0.350 e. The van der Waals surface area contributed by atoms with Gasteiger partial charge in [-0.25, -0.2) is 23.9 Å². The second-order valence-corrected chi connectivity index (χ2v) is 9.31. The molecule has 3 aromatic rings. The van der Waals surface area contributed by atoms with Gasteiger partial charge in [-0.3, -0.25) is 4.79 Å². The molecule has 0 saturated heterocycles. The molecule has 4 saturated carbocycles. The molecule has 4 fully saturated rings. The van der Waals surface area contributed by atoms with E-state index in [9.17, 15) is 9.18 Å². The van der Waals surface area contributed by atoms with Gasteiger partial charge in [-0.2, -0.15) is 5.10 Å². The second kappa shape index (κ2) is 5.66. The lowest BCUT2D eigenvalue weighted by atomic mass is 9.47. The van der Waals surface area contributed by atoms with Crippen LogP contribution in [0.4, 0.5) is 16.0 Å². The molecule has 3 heterocycles. The number of carbonyl (C=O) groups is 1. The Morgan fingerprint density at radius 2 is 2.03 bits per heavy atom. The second-order valence-electron chi connectivity index (χ2n) is 8.95. The van der Waals surface area contributed by atoms with E-state index in [1.807, 2.05) is 13.0 Å². The van der Waals surface area contributed by atoms with Gasteiger partial charge in [0.05, 0.1) is 17.3 Å². The van der Waals surface area contributed by atoms with Crippen molar-refractivity contribution in [3.05, 3.63) is 41.1 Å². The zero-order valence-electron chi connectivity index (χ0n) is 16.2. The topological polar surface area (TPSA) is 97.1 Å². The molecule has 2 N–H and O–H groups in total. The van der Waals surface area contributed by atoms with Crippen molar-refractivity contribution in [2.24, 2.45) is 0 Å². The third-order valence-electron chi connectivity index (χ3n) is 6.66. The smallest absolute Gasteiger partial charge is 0.231 e. The van der Waals surface area contributed by atoms with Crippen molar-refractivity contribution in [2.45, 2.75) is 55.7 Å². The molecule has 10 heteroatoms. The summed E-state index contributed by atoms with van der Waals surface area (Å²) in [5.74, 6) is 0.240. The van der Waals surface area contributed by atoms with Gasteiger partial charge in [-0.05, 0) is 31.4 Å². The molecule has 1 amide bonds. The van der Waals surface area contributed by atoms with Crippen molar-refractivity contribution in [2.75, 3.05) is 5.32 Å². The number of halogens is 2. The van der Waals surface area contributed by atoms with Gasteiger partial charge in [0.15, 0.2) is 5.65 Å². The zero-order chi connectivity index (χ0) is 20.7. The molecule has 0 aromatic carbocycles. The predicted molar refractivity (Wildman–Crippen MR) is 108 cm³/mol. The van der Waals surface area contributed by atoms with E-state index in [-0.39, 0.29) is 16.6 Å². The van der Waals surface area contributed by atoms with E-state index in [0.29, 0.717) is 43.6 Å². The molecule has 0 atom stereocenters. The van der Waals surface area contributed by atoms with E-state index in [0.717, 1.165) is 16.9 Å². The predicted octanol–water partition coefficient (Wildman–Crippen LogP) is 3.02. The fraction of sp³-hybridized carbons (Fsp3) is 0.450. The standard InChI is InChI=1S/C20H19ClFN7O/c1-11-4-14-24-10-25-29(14)6-13(11)26-17-23-5-12(15(21)27-17)20(2-3-20)16(30)28-19-7-18(22,8-19)9-19/h4-6,10H,2-3,7-9H2,1H3,(H,28,30)(H,23,26,27). The Balaban J connectivity index is 1.23. The molecule has 7 rings (SSSR count). The third-order valence-corrected chi connectivity index (χ3v) is 6.94. The quantitative estimate of drug-likeness (QED) is 0.607. The lowest BCUT2D eigenvalue weighted by Gasteiger charge is -2.65. The monoisotopic (exact) mass is 427 g/mol. The summed E-state index contributed by atoms with van der Waals surface area (Å²) in [6.45, 7) is 1.95. The maximum absolute atomic E-state index is 13.8. The summed E-state index contributed by atoms with van der Waals surface area (Å²) >= 11 is 6.47. The van der Waals surface area contributed by atoms with Crippen LogP contribution < -0.4 is 10.6 Å². The number of aromatic nitrogens is 5. The van der Waals surface area contributed by atoms with Gasteiger partial charge < -0.3 is 10.6 Å². The van der Waals surface area contributed by atoms with Crippen molar-refractivity contribution in [3.8, 4) is 0 Å². The number of nitrogens with one attached hydrogen (secondary N) is 2. The Hall–Kier alpha value is -2.81. The first-order chi connectivity index (χ1) is 14.3. The van der Waals surface area contributed by atoms with Crippen LogP contribution in [-0.4, -0.2) is 41.7 Å². The molecular formula is C20H19ClFN7O. The highest BCUT2D eigenvalue weighted by molar-refractivity contribution is 6.30. The summed E-state index contributed by atoms with van der Waals surface area (Å²) in [4.78, 5) is 25.9. The Morgan fingerprint density at radius 1 is 1.27 bits per heavy atom. The number of anilines is 2. The summed E-state index contributed by atoms with van der Waals surface area (Å²) in [6, 6.07) is 1.90. The molecule has 154 valence electrons. The van der Waals surface area contributed by atoms with Crippen LogP contribution in [0.5, 0.6) is 0 Å². The molecule has 30 heavy (non-hydrogen) atoms. The maximum atomic E-state index is 13.8. The van der Waals surface area contributed by atoms with Crippen LogP contribution in [0.15, 0.2) is 24.8 Å². The lowest BCUT2D eigenvalue weighted by molar-refractivity contribution is -0.176. The minimum atomic E-state index is -1.05. The third kappa shape index (κ3) is 2.54. The Labute approximate surface area is 176 Å². The average molecular weight is 428 g/mol. The molecule has 4 aliphatic carbocycles. The highest BCUT2D eigenvalue weighted by atomic mass is 35.5. The van der Waals surface area contributed by atoms with Gasteiger partial charge in [0.25, 0.3) is 0 Å². The van der Waals surface area contributed by atoms with Gasteiger partial charge in [0.1, 0.15) is 17.1 Å². The number of hydrogen-bond acceptors (Lipinski definition) is 6. The van der Waals surface area contributed by atoms with Gasteiger partial charge in [-0.15, -0.1) is 0 Å². The van der Waals surface area contributed by atoms with E-state index in [4.69, 9.17) is 11.6 Å². The van der Waals surface area contributed by atoms with Gasteiger partial charge in [0, 0.05) is 36.6 Å². The first-order valence-corrected chi connectivity index (χ1v) is 10.3. The zero-order valence-corrected chi connectivity index (χ0v) is 17.0. The van der Waals surface area contributed by atoms with Crippen molar-refractivity contribution in [1.82, 2.24) is 29.9 Å². The molecule has 0 radical (unpaired) electrons. The summed E-state index contributed by atoms with van der Waals surface area (Å²) in [5.41, 5.74) is 0.998. The number of rotatable bonds is 5. The minimum absolute atomic E-state index is 0.0945. The van der Waals surface area contributed by atoms with Crippen LogP contribution in [-0.2, 0) is 10.2 Å². The van der Waals surface area contributed by atoms with E-state index in [1.54, 1.807) is 16.9 Å². The highest BCUT2D eigenvalue weighted by Gasteiger charge is 2.71. The summed E-state index contributed by atoms with van der Waals surface area (Å²) in [7, 11) is 0. The van der Waals surface area contributed by atoms with Crippen LogP contribution in [0.25, 0.3) is 5.65 Å². The molecule has 0 aliphatic heterocycles. The van der Waals surface area contributed by atoms with Gasteiger partial charge in [0.2, 0.25) is 11.9 Å². The molecule has 0 spiro atoms. The number of hydrogen-bond donors (Lipinski definition) is 2. The van der Waals surface area contributed by atoms with E-state index >= 15 is 0 Å². The van der Waals surface area contributed by atoms with Gasteiger partial charge >= 0.3 is 0 Å². The number of aryl methyl sites for hydroxylation is 1. The molecule has 0 unspecified atom stereocenters. The lowest BCUT2D eigenvalue weighted by Crippen LogP contribution is -2.77. The first-order valence-electron chi connectivity index (χ1n) is 9.92. The van der Waals surface area contributed by atoms with Crippen molar-refractivity contribution < 1.29 is 9.18 Å². The number of nitrogens with zero attached hydrogens (tertiary/aromatic N) is 5. The number of carbonyl (C=O) groups excluding carboxylic acids is 1. The minimum Gasteiger partial charge on any atom is -0.350 e. The highest BCUT2D eigenvalue weighted by Crippen LogP contribution is 2.63. The van der Waals surface area contributed by atoms with E-state index in [2.05, 4.69) is 30.7 Å². The van der Waals surface area contributed by atoms with Crippen molar-refractivity contribution in [1.29, 1.82) is 0 Å². The normalized spacial score (nSPS) is 27.8. The Kier molecular flexibility index (Phi) is 3.40. The van der Waals surface area contributed by atoms with Crippen LogP contribution in [0.2, 0.25) is 5.15 Å². The Morgan fingerprint density at radius 3 is 2.70 bits per heavy atom. The summed E-state index contributed by atoms with van der Waals surface area (Å²) in [5, 5.41) is 10.6. The summed E-state index contributed by atoms with van der Waals surface area (Å²) in [6.07, 6.45) is 7.55. The molecule has 4 aliphatic rings. The van der Waals surface area contributed by atoms with E-state index in [1.165, 1.54) is 6.33 Å². The average Bonchev–Trinajstić information content (AvgIpc) is 3.33. The number of amides is 1. The van der Waals surface area contributed by atoms with E-state index < -0.39 is 11.1 Å². The fourth-order valence-corrected chi connectivity index (χ4v) is 5.16. The molecular weight excluding hydrogens is 409 g/mol.